The van der Waals surface area contributed by atoms with E-state index < -0.39 is 0 Å². The zero-order valence-corrected chi connectivity index (χ0v) is 14.2. The van der Waals surface area contributed by atoms with Crippen LogP contribution >= 0.6 is 0 Å². The largest absolute Gasteiger partial charge is 0.312 e. The maximum atomic E-state index is 3.83. The van der Waals surface area contributed by atoms with Crippen molar-refractivity contribution in [3.63, 3.8) is 0 Å². The van der Waals surface area contributed by atoms with Gasteiger partial charge in [0.1, 0.15) is 0 Å². The summed E-state index contributed by atoms with van der Waals surface area (Å²) in [6.45, 7) is 13.2. The van der Waals surface area contributed by atoms with Crippen LogP contribution in [0.25, 0.3) is 0 Å². The van der Waals surface area contributed by atoms with Crippen molar-refractivity contribution in [3.05, 3.63) is 0 Å². The molecule has 1 saturated carbocycles. The highest BCUT2D eigenvalue weighted by atomic mass is 15.2. The van der Waals surface area contributed by atoms with Gasteiger partial charge in [-0.3, -0.25) is 4.90 Å². The first-order chi connectivity index (χ1) is 9.60. The standard InChI is InChI=1S/C18H36N2/c1-5-6-7-16-10-17(19-11-14(2)3)13-20(12-16)18-9-8-15(18)4/h14-19H,5-13H2,1-4H3. The molecule has 0 bridgehead atoms. The Morgan fingerprint density at radius 3 is 2.55 bits per heavy atom. The summed E-state index contributed by atoms with van der Waals surface area (Å²) in [5.41, 5.74) is 0. The van der Waals surface area contributed by atoms with Crippen LogP contribution in [0.5, 0.6) is 0 Å². The SMILES string of the molecule is CCCCC1CC(NCC(C)C)CN(C2CCC2C)C1. The Hall–Kier alpha value is -0.0800. The third-order valence-electron chi connectivity index (χ3n) is 5.39. The molecule has 2 rings (SSSR count). The maximum absolute atomic E-state index is 3.83. The van der Waals surface area contributed by atoms with E-state index in [9.17, 15) is 0 Å². The van der Waals surface area contributed by atoms with Gasteiger partial charge < -0.3 is 5.32 Å². The third kappa shape index (κ3) is 4.46. The van der Waals surface area contributed by atoms with Crippen LogP contribution in [0.3, 0.4) is 0 Å². The average Bonchev–Trinajstić information content (AvgIpc) is 2.41. The minimum atomic E-state index is 0.737. The van der Waals surface area contributed by atoms with Crippen LogP contribution in [0.4, 0.5) is 0 Å². The number of hydrogen-bond acceptors (Lipinski definition) is 2. The smallest absolute Gasteiger partial charge is 0.0198 e. The number of unbranched alkanes of at least 4 members (excludes halogenated alkanes) is 1. The van der Waals surface area contributed by atoms with Gasteiger partial charge >= 0.3 is 0 Å². The Kier molecular flexibility index (Phi) is 6.35. The van der Waals surface area contributed by atoms with Gasteiger partial charge in [-0.15, -0.1) is 0 Å². The molecule has 2 aliphatic rings. The van der Waals surface area contributed by atoms with E-state index in [4.69, 9.17) is 0 Å². The third-order valence-corrected chi connectivity index (χ3v) is 5.39. The molecule has 0 aromatic heterocycles. The molecule has 118 valence electrons. The average molecular weight is 280 g/mol. The Labute approximate surface area is 126 Å². The molecule has 1 aliphatic heterocycles. The van der Waals surface area contributed by atoms with E-state index in [1.165, 1.54) is 58.2 Å². The molecule has 4 atom stereocenters. The fraction of sp³-hybridized carbons (Fsp3) is 1.00. The van der Waals surface area contributed by atoms with Gasteiger partial charge in [-0.2, -0.15) is 0 Å². The molecule has 1 N–H and O–H groups in total. The van der Waals surface area contributed by atoms with E-state index in [0.717, 1.165) is 29.8 Å². The van der Waals surface area contributed by atoms with Gasteiger partial charge in [0.25, 0.3) is 0 Å². The van der Waals surface area contributed by atoms with Crippen LogP contribution in [0.1, 0.15) is 66.2 Å². The van der Waals surface area contributed by atoms with Crippen LogP contribution in [0.15, 0.2) is 0 Å². The number of piperidine rings is 1. The summed E-state index contributed by atoms with van der Waals surface area (Å²) in [6, 6.07) is 1.63. The zero-order valence-electron chi connectivity index (χ0n) is 14.2. The van der Waals surface area contributed by atoms with Crippen molar-refractivity contribution >= 4 is 0 Å². The predicted molar refractivity (Wildman–Crippen MR) is 88.0 cm³/mol. The predicted octanol–water partition coefficient (Wildman–Crippen LogP) is 3.91. The Morgan fingerprint density at radius 1 is 1.20 bits per heavy atom. The molecule has 1 aliphatic carbocycles. The summed E-state index contributed by atoms with van der Waals surface area (Å²) < 4.78 is 0. The molecular formula is C18H36N2. The summed E-state index contributed by atoms with van der Waals surface area (Å²) in [5.74, 6) is 2.63. The quantitative estimate of drug-likeness (QED) is 0.760. The molecule has 0 spiro atoms. The molecule has 0 aromatic carbocycles. The van der Waals surface area contributed by atoms with Crippen molar-refractivity contribution in [1.29, 1.82) is 0 Å². The van der Waals surface area contributed by atoms with Gasteiger partial charge in [0.05, 0.1) is 0 Å². The summed E-state index contributed by atoms with van der Waals surface area (Å²) in [6.07, 6.45) is 8.50. The molecule has 0 radical (unpaired) electrons. The Balaban J connectivity index is 1.87. The van der Waals surface area contributed by atoms with Gasteiger partial charge in [-0.05, 0) is 50.0 Å². The zero-order chi connectivity index (χ0) is 14.5. The summed E-state index contributed by atoms with van der Waals surface area (Å²) in [5, 5.41) is 3.83. The molecule has 2 heteroatoms. The minimum Gasteiger partial charge on any atom is -0.312 e. The lowest BCUT2D eigenvalue weighted by Crippen LogP contribution is -2.56. The minimum absolute atomic E-state index is 0.737. The number of nitrogens with one attached hydrogen (secondary N) is 1. The van der Waals surface area contributed by atoms with Crippen molar-refractivity contribution < 1.29 is 0 Å². The molecule has 0 amide bonds. The lowest BCUT2D eigenvalue weighted by Gasteiger charge is -2.48. The second kappa shape index (κ2) is 7.79. The molecular weight excluding hydrogens is 244 g/mol. The fourth-order valence-corrected chi connectivity index (χ4v) is 3.96. The monoisotopic (exact) mass is 280 g/mol. The van der Waals surface area contributed by atoms with Crippen LogP contribution in [0, 0.1) is 17.8 Å². The van der Waals surface area contributed by atoms with Crippen molar-refractivity contribution in [2.45, 2.75) is 78.3 Å². The first-order valence-electron chi connectivity index (χ1n) is 9.07. The van der Waals surface area contributed by atoms with Gasteiger partial charge in [-0.1, -0.05) is 40.5 Å². The normalized spacial score (nSPS) is 35.2. The molecule has 0 aromatic rings. The number of rotatable bonds is 7. The fourth-order valence-electron chi connectivity index (χ4n) is 3.96. The van der Waals surface area contributed by atoms with Gasteiger partial charge in [-0.25, -0.2) is 0 Å². The lowest BCUT2D eigenvalue weighted by molar-refractivity contribution is 0.0204. The molecule has 1 heterocycles. The first kappa shape index (κ1) is 16.3. The van der Waals surface area contributed by atoms with Gasteiger partial charge in [0, 0.05) is 25.2 Å². The van der Waals surface area contributed by atoms with Gasteiger partial charge in [0.2, 0.25) is 0 Å². The number of nitrogens with zero attached hydrogens (tertiary/aromatic N) is 1. The second-order valence-electron chi connectivity index (χ2n) is 7.82. The number of likely N-dealkylation sites (tertiary alicyclic amines) is 1. The molecule has 1 saturated heterocycles. The molecule has 4 unspecified atom stereocenters. The number of hydrogen-bond donors (Lipinski definition) is 1. The Morgan fingerprint density at radius 2 is 2.00 bits per heavy atom. The van der Waals surface area contributed by atoms with Crippen molar-refractivity contribution in [2.75, 3.05) is 19.6 Å². The van der Waals surface area contributed by atoms with Crippen molar-refractivity contribution in [1.82, 2.24) is 10.2 Å². The van der Waals surface area contributed by atoms with E-state index in [1.807, 2.05) is 0 Å². The van der Waals surface area contributed by atoms with Crippen LogP contribution < -0.4 is 5.32 Å². The topological polar surface area (TPSA) is 15.3 Å². The second-order valence-corrected chi connectivity index (χ2v) is 7.82. The summed E-state index contributed by atoms with van der Waals surface area (Å²) in [4.78, 5) is 2.83. The molecule has 2 fully saturated rings. The van der Waals surface area contributed by atoms with Crippen molar-refractivity contribution in [3.8, 4) is 0 Å². The Bertz CT molecular complexity index is 277. The van der Waals surface area contributed by atoms with Crippen LogP contribution in [0.2, 0.25) is 0 Å². The van der Waals surface area contributed by atoms with Crippen LogP contribution in [-0.2, 0) is 0 Å². The summed E-state index contributed by atoms with van der Waals surface area (Å²) in [7, 11) is 0. The van der Waals surface area contributed by atoms with E-state index in [-0.39, 0.29) is 0 Å². The van der Waals surface area contributed by atoms with Crippen molar-refractivity contribution in [2.24, 2.45) is 17.8 Å². The van der Waals surface area contributed by atoms with E-state index in [1.54, 1.807) is 0 Å². The first-order valence-corrected chi connectivity index (χ1v) is 9.07. The van der Waals surface area contributed by atoms with E-state index in [0.29, 0.717) is 0 Å². The molecule has 20 heavy (non-hydrogen) atoms. The van der Waals surface area contributed by atoms with Crippen LogP contribution in [-0.4, -0.2) is 36.6 Å². The van der Waals surface area contributed by atoms with E-state index >= 15 is 0 Å². The maximum Gasteiger partial charge on any atom is 0.0198 e. The molecule has 2 nitrogen and oxygen atoms in total. The highest BCUT2D eigenvalue weighted by molar-refractivity contribution is 4.92. The highest BCUT2D eigenvalue weighted by Crippen LogP contribution is 2.35. The van der Waals surface area contributed by atoms with E-state index in [2.05, 4.69) is 37.9 Å². The summed E-state index contributed by atoms with van der Waals surface area (Å²) >= 11 is 0. The highest BCUT2D eigenvalue weighted by Gasteiger charge is 2.37. The van der Waals surface area contributed by atoms with Gasteiger partial charge in [0.15, 0.2) is 0 Å². The lowest BCUT2D eigenvalue weighted by atomic mass is 9.77.